The van der Waals surface area contributed by atoms with Crippen molar-refractivity contribution in [3.63, 3.8) is 0 Å². The highest BCUT2D eigenvalue weighted by atomic mass is 19.3. The van der Waals surface area contributed by atoms with E-state index in [2.05, 4.69) is 25.6 Å². The highest BCUT2D eigenvalue weighted by Gasteiger charge is 2.63. The smallest absolute Gasteiger partial charge is 0.299 e. The van der Waals surface area contributed by atoms with Crippen LogP contribution in [0, 0.1) is 11.3 Å². The van der Waals surface area contributed by atoms with Crippen LogP contribution in [-0.4, -0.2) is 43.9 Å². The number of aliphatic imine (C=N–C) groups is 1. The number of hydrogen-bond donors (Lipinski definition) is 4. The molecule has 2 saturated carbocycles. The summed E-state index contributed by atoms with van der Waals surface area (Å²) in [6.07, 6.45) is 9.01. The number of aromatic nitrogens is 4. The second-order valence-corrected chi connectivity index (χ2v) is 14.4. The maximum atomic E-state index is 16.2. The molecular formula is C36H31F2N7. The summed E-state index contributed by atoms with van der Waals surface area (Å²) >= 11 is 0. The monoisotopic (exact) mass is 599 g/mol. The minimum Gasteiger partial charge on any atom is -0.341 e. The van der Waals surface area contributed by atoms with E-state index in [-0.39, 0.29) is 22.8 Å². The van der Waals surface area contributed by atoms with Gasteiger partial charge < -0.3 is 15.3 Å². The number of hydrogen-bond acceptors (Lipinski definition) is 5. The molecule has 7 nitrogen and oxygen atoms in total. The fraction of sp³-hybridized carbons (Fsp3) is 0.361. The molecule has 6 aliphatic rings. The van der Waals surface area contributed by atoms with E-state index in [1.54, 1.807) is 18.3 Å². The van der Waals surface area contributed by atoms with Crippen LogP contribution < -0.4 is 10.6 Å². The van der Waals surface area contributed by atoms with Crippen molar-refractivity contribution in [3.8, 4) is 33.5 Å². The Labute approximate surface area is 258 Å². The summed E-state index contributed by atoms with van der Waals surface area (Å²) in [4.78, 5) is 21.1. The zero-order chi connectivity index (χ0) is 29.7. The second kappa shape index (κ2) is 8.13. The Balaban J connectivity index is 0.889. The number of fused-ring (bicyclic) bond motifs is 6. The van der Waals surface area contributed by atoms with E-state index < -0.39 is 5.92 Å². The van der Waals surface area contributed by atoms with Crippen molar-refractivity contribution in [2.24, 2.45) is 16.3 Å². The molecule has 5 heterocycles. The van der Waals surface area contributed by atoms with E-state index in [1.165, 1.54) is 32.1 Å². The molecule has 5 aromatic rings. The molecule has 4 atom stereocenters. The van der Waals surface area contributed by atoms with Gasteiger partial charge in [-0.1, -0.05) is 30.3 Å². The van der Waals surface area contributed by atoms with Gasteiger partial charge in [-0.2, -0.15) is 8.78 Å². The second-order valence-electron chi connectivity index (χ2n) is 14.4. The van der Waals surface area contributed by atoms with Gasteiger partial charge in [0.2, 0.25) is 0 Å². The molecule has 45 heavy (non-hydrogen) atoms. The topological polar surface area (TPSA) is 93.8 Å². The Bertz CT molecular complexity index is 2140. The van der Waals surface area contributed by atoms with Crippen molar-refractivity contribution in [2.75, 3.05) is 6.54 Å². The van der Waals surface area contributed by atoms with Crippen LogP contribution in [-0.2, 0) is 5.92 Å². The zero-order valence-electron chi connectivity index (χ0n) is 24.6. The predicted octanol–water partition coefficient (Wildman–Crippen LogP) is 6.83. The number of alkyl halides is 2. The first kappa shape index (κ1) is 25.0. The number of halogens is 2. The minimum atomic E-state index is -3.12. The molecule has 4 N–H and O–H groups in total. The van der Waals surface area contributed by atoms with Gasteiger partial charge in [0.1, 0.15) is 11.5 Å². The quantitative estimate of drug-likeness (QED) is 0.182. The van der Waals surface area contributed by atoms with Crippen molar-refractivity contribution >= 4 is 16.7 Å². The lowest BCUT2D eigenvalue weighted by Gasteiger charge is -2.20. The van der Waals surface area contributed by atoms with Crippen LogP contribution in [0.5, 0.6) is 0 Å². The van der Waals surface area contributed by atoms with Gasteiger partial charge in [-0.3, -0.25) is 10.3 Å². The molecule has 9 heteroatoms. The van der Waals surface area contributed by atoms with Gasteiger partial charge in [-0.15, -0.1) is 0 Å². The first-order chi connectivity index (χ1) is 21.9. The maximum absolute atomic E-state index is 16.2. The van der Waals surface area contributed by atoms with Crippen LogP contribution in [0.3, 0.4) is 0 Å². The Hall–Kier alpha value is -4.21. The minimum absolute atomic E-state index is 0.0312. The number of aromatic amines is 2. The van der Waals surface area contributed by atoms with E-state index in [4.69, 9.17) is 9.98 Å². The van der Waals surface area contributed by atoms with E-state index in [0.29, 0.717) is 34.1 Å². The summed E-state index contributed by atoms with van der Waals surface area (Å²) in [7, 11) is 0. The van der Waals surface area contributed by atoms with Crippen molar-refractivity contribution in [1.82, 2.24) is 30.6 Å². The van der Waals surface area contributed by atoms with E-state index in [0.717, 1.165) is 58.2 Å². The lowest BCUT2D eigenvalue weighted by molar-refractivity contribution is 0.0481. The third-order valence-electron chi connectivity index (χ3n) is 11.6. The van der Waals surface area contributed by atoms with E-state index in [1.807, 2.05) is 42.5 Å². The van der Waals surface area contributed by atoms with Gasteiger partial charge in [0.05, 0.1) is 29.0 Å². The van der Waals surface area contributed by atoms with Crippen LogP contribution in [0.1, 0.15) is 67.3 Å². The molecule has 2 unspecified atom stereocenters. The summed E-state index contributed by atoms with van der Waals surface area (Å²) in [6, 6.07) is 17.7. The van der Waals surface area contributed by atoms with Crippen LogP contribution in [0.4, 0.5) is 8.78 Å². The van der Waals surface area contributed by atoms with Crippen LogP contribution in [0.25, 0.3) is 44.5 Å². The number of piperidine rings is 1. The molecule has 2 aromatic heterocycles. The average Bonchev–Trinajstić information content (AvgIpc) is 3.49. The third-order valence-corrected chi connectivity index (χ3v) is 11.6. The lowest BCUT2D eigenvalue weighted by atomic mass is 9.98. The number of nitrogens with one attached hydrogen (secondary N) is 4. The van der Waals surface area contributed by atoms with Crippen LogP contribution in [0.2, 0.25) is 0 Å². The molecule has 3 aliphatic carbocycles. The molecule has 0 amide bonds. The Morgan fingerprint density at radius 1 is 0.844 bits per heavy atom. The van der Waals surface area contributed by atoms with Crippen LogP contribution in [0.15, 0.2) is 65.8 Å². The molecular weight excluding hydrogens is 568 g/mol. The number of benzene rings is 3. The highest BCUT2D eigenvalue weighted by Crippen LogP contribution is 2.58. The Morgan fingerprint density at radius 2 is 1.62 bits per heavy atom. The molecule has 4 fully saturated rings. The largest absolute Gasteiger partial charge is 0.341 e. The molecule has 11 rings (SSSR count). The number of imidazole rings is 2. The van der Waals surface area contributed by atoms with Crippen molar-refractivity contribution in [3.05, 3.63) is 83.6 Å². The van der Waals surface area contributed by atoms with Crippen molar-refractivity contribution < 1.29 is 8.78 Å². The molecule has 2 saturated heterocycles. The van der Waals surface area contributed by atoms with E-state index >= 15 is 8.78 Å². The first-order valence-electron chi connectivity index (χ1n) is 16.2. The highest BCUT2D eigenvalue weighted by molar-refractivity contribution is 6.15. The molecule has 3 aromatic carbocycles. The van der Waals surface area contributed by atoms with Gasteiger partial charge >= 0.3 is 0 Å². The lowest BCUT2D eigenvalue weighted by Crippen LogP contribution is -2.31. The van der Waals surface area contributed by atoms with Crippen LogP contribution >= 0.6 is 0 Å². The van der Waals surface area contributed by atoms with Gasteiger partial charge in [0, 0.05) is 29.3 Å². The Morgan fingerprint density at radius 3 is 2.38 bits per heavy atom. The normalized spacial score (nSPS) is 29.1. The third kappa shape index (κ3) is 3.48. The average molecular weight is 600 g/mol. The summed E-state index contributed by atoms with van der Waals surface area (Å²) in [5.74, 6) is -0.773. The fourth-order valence-corrected chi connectivity index (χ4v) is 8.87. The number of H-pyrrole nitrogens is 2. The SMILES string of the molecule is FC1(F)c2cc(-c3ccc4nc(C5NC6CC[C@H]5C6)[nH]c4c3)ccc2-c2ccc(-c3cnc(C4=N[C@]45CC4(CC4)CN5)[nH]3)cc21. The molecule has 224 valence electrons. The maximum Gasteiger partial charge on any atom is 0.299 e. The predicted molar refractivity (Wildman–Crippen MR) is 168 cm³/mol. The van der Waals surface area contributed by atoms with Gasteiger partial charge in [0.25, 0.3) is 5.92 Å². The summed E-state index contributed by atoms with van der Waals surface area (Å²) in [5, 5.41) is 7.29. The van der Waals surface area contributed by atoms with Crippen molar-refractivity contribution in [1.29, 1.82) is 0 Å². The summed E-state index contributed by atoms with van der Waals surface area (Å²) in [6.45, 7) is 1.01. The summed E-state index contributed by atoms with van der Waals surface area (Å²) < 4.78 is 32.3. The fourth-order valence-electron chi connectivity index (χ4n) is 8.87. The standard InChI is InChI=1S/C36H31F2N7/c37-36(38)25-12-18(19-4-8-27-28(14-19)43-32(42-27)30-21-1-5-22(11-21)41-30)2-6-23(25)24-7-3-20(13-26(24)36)29-15-39-33(44-29)31-35(45-31)16-34(9-10-34)17-40-35/h2-4,6-8,12-15,21-22,30,40-41H,1,5,9-11,16-17H2,(H,39,44)(H,42,43)/t21-,22?,30?,35+/m0/s1. The molecule has 2 spiro atoms. The van der Waals surface area contributed by atoms with Gasteiger partial charge in [0.15, 0.2) is 11.5 Å². The Kier molecular flexibility index (Phi) is 4.53. The molecule has 3 aliphatic heterocycles. The first-order valence-corrected chi connectivity index (χ1v) is 16.2. The number of rotatable bonds is 4. The number of nitrogens with zero attached hydrogens (tertiary/aromatic N) is 3. The summed E-state index contributed by atoms with van der Waals surface area (Å²) in [5.41, 5.74) is 7.25. The van der Waals surface area contributed by atoms with Crippen molar-refractivity contribution in [2.45, 2.75) is 62.2 Å². The van der Waals surface area contributed by atoms with Gasteiger partial charge in [-0.25, -0.2) is 9.97 Å². The molecule has 0 radical (unpaired) electrons. The van der Waals surface area contributed by atoms with Gasteiger partial charge in [-0.05, 0) is 96.4 Å². The van der Waals surface area contributed by atoms with E-state index in [9.17, 15) is 0 Å². The zero-order valence-corrected chi connectivity index (χ0v) is 24.6. The molecule has 2 bridgehead atoms.